The largest absolute Gasteiger partial charge is 0.496 e. The number of fused-ring (bicyclic) bond motifs is 1. The van der Waals surface area contributed by atoms with Crippen LogP contribution < -0.4 is 10.5 Å². The average molecular weight is 292 g/mol. The standard InChI is InChI=1S/C15H20N2O2S/c1-9(2)8-17(3)15(18)14-13(16)12-10(19-4)6-5-7-11(12)20-14/h5-7,9H,8,16H2,1-4H3. The Hall–Kier alpha value is -1.75. The second kappa shape index (κ2) is 5.71. The highest BCUT2D eigenvalue weighted by Gasteiger charge is 2.21. The van der Waals surface area contributed by atoms with Gasteiger partial charge >= 0.3 is 0 Å². The molecule has 0 aliphatic heterocycles. The molecule has 0 radical (unpaired) electrons. The molecule has 0 fully saturated rings. The van der Waals surface area contributed by atoms with Crippen LogP contribution in [0.2, 0.25) is 0 Å². The minimum absolute atomic E-state index is 0.0283. The van der Waals surface area contributed by atoms with Gasteiger partial charge in [0, 0.05) is 18.3 Å². The maximum atomic E-state index is 12.5. The van der Waals surface area contributed by atoms with E-state index in [4.69, 9.17) is 10.5 Å². The van der Waals surface area contributed by atoms with E-state index in [1.807, 2.05) is 25.2 Å². The summed E-state index contributed by atoms with van der Waals surface area (Å²) in [6.45, 7) is 4.88. The maximum absolute atomic E-state index is 12.5. The molecule has 2 N–H and O–H groups in total. The van der Waals surface area contributed by atoms with E-state index in [2.05, 4.69) is 13.8 Å². The van der Waals surface area contributed by atoms with Crippen molar-refractivity contribution in [1.82, 2.24) is 4.90 Å². The quantitative estimate of drug-likeness (QED) is 0.941. The van der Waals surface area contributed by atoms with E-state index in [0.29, 0.717) is 28.8 Å². The van der Waals surface area contributed by atoms with Gasteiger partial charge in [-0.15, -0.1) is 11.3 Å². The monoisotopic (exact) mass is 292 g/mol. The lowest BCUT2D eigenvalue weighted by Crippen LogP contribution is -2.30. The number of thiophene rings is 1. The number of anilines is 1. The molecule has 0 atom stereocenters. The molecule has 2 aromatic rings. The van der Waals surface area contributed by atoms with E-state index in [0.717, 1.165) is 10.1 Å². The molecular weight excluding hydrogens is 272 g/mol. The van der Waals surface area contributed by atoms with Gasteiger partial charge < -0.3 is 15.4 Å². The molecule has 1 amide bonds. The Morgan fingerprint density at radius 2 is 2.15 bits per heavy atom. The molecule has 0 saturated heterocycles. The molecular formula is C15H20N2O2S. The first-order valence-electron chi connectivity index (χ1n) is 6.56. The first-order valence-corrected chi connectivity index (χ1v) is 7.37. The van der Waals surface area contributed by atoms with Crippen LogP contribution in [-0.4, -0.2) is 31.5 Å². The summed E-state index contributed by atoms with van der Waals surface area (Å²) in [5.41, 5.74) is 6.68. The number of methoxy groups -OCH3 is 1. The van der Waals surface area contributed by atoms with Crippen LogP contribution >= 0.6 is 11.3 Å². The minimum Gasteiger partial charge on any atom is -0.496 e. The fourth-order valence-electron chi connectivity index (χ4n) is 2.27. The molecule has 0 unspecified atom stereocenters. The van der Waals surface area contributed by atoms with Crippen LogP contribution in [0.1, 0.15) is 23.5 Å². The fraction of sp³-hybridized carbons (Fsp3) is 0.400. The van der Waals surface area contributed by atoms with Gasteiger partial charge in [-0.3, -0.25) is 4.79 Å². The second-order valence-corrected chi connectivity index (χ2v) is 6.31. The summed E-state index contributed by atoms with van der Waals surface area (Å²) in [5.74, 6) is 1.11. The summed E-state index contributed by atoms with van der Waals surface area (Å²) in [5, 5.41) is 0.835. The first kappa shape index (κ1) is 14.7. The van der Waals surface area contributed by atoms with Crippen LogP contribution in [0.25, 0.3) is 10.1 Å². The third kappa shape index (κ3) is 2.58. The number of hydrogen-bond donors (Lipinski definition) is 1. The summed E-state index contributed by atoms with van der Waals surface area (Å²) in [6, 6.07) is 5.72. The molecule has 5 heteroatoms. The molecule has 0 spiro atoms. The molecule has 1 heterocycles. The van der Waals surface area contributed by atoms with Gasteiger partial charge in [0.2, 0.25) is 0 Å². The molecule has 1 aromatic heterocycles. The van der Waals surface area contributed by atoms with E-state index in [1.165, 1.54) is 11.3 Å². The minimum atomic E-state index is -0.0283. The van der Waals surface area contributed by atoms with Gasteiger partial charge in [0.25, 0.3) is 5.91 Å². The summed E-state index contributed by atoms with van der Waals surface area (Å²) < 4.78 is 6.30. The van der Waals surface area contributed by atoms with Gasteiger partial charge in [-0.2, -0.15) is 0 Å². The Morgan fingerprint density at radius 1 is 1.45 bits per heavy atom. The molecule has 1 aromatic carbocycles. The van der Waals surface area contributed by atoms with Crippen LogP contribution in [-0.2, 0) is 0 Å². The first-order chi connectivity index (χ1) is 9.45. The molecule has 20 heavy (non-hydrogen) atoms. The highest BCUT2D eigenvalue weighted by atomic mass is 32.1. The molecule has 108 valence electrons. The normalized spacial score (nSPS) is 11.1. The summed E-state index contributed by atoms with van der Waals surface area (Å²) in [6.07, 6.45) is 0. The Labute approximate surface area is 123 Å². The fourth-order valence-corrected chi connectivity index (χ4v) is 3.41. The number of amides is 1. The number of ether oxygens (including phenoxy) is 1. The van der Waals surface area contributed by atoms with E-state index in [1.54, 1.807) is 12.0 Å². The van der Waals surface area contributed by atoms with Crippen LogP contribution in [0.4, 0.5) is 5.69 Å². The van der Waals surface area contributed by atoms with Gasteiger partial charge in [-0.1, -0.05) is 19.9 Å². The van der Waals surface area contributed by atoms with Gasteiger partial charge in [-0.25, -0.2) is 0 Å². The Morgan fingerprint density at radius 3 is 2.75 bits per heavy atom. The summed E-state index contributed by atoms with van der Waals surface area (Å²) >= 11 is 1.42. The number of carbonyl (C=O) groups is 1. The van der Waals surface area contributed by atoms with Gasteiger partial charge in [0.05, 0.1) is 18.2 Å². The maximum Gasteiger partial charge on any atom is 0.265 e. The Bertz CT molecular complexity index is 634. The molecule has 0 aliphatic rings. The van der Waals surface area contributed by atoms with Gasteiger partial charge in [0.1, 0.15) is 10.6 Å². The lowest BCUT2D eigenvalue weighted by molar-refractivity contribution is 0.0785. The smallest absolute Gasteiger partial charge is 0.265 e. The van der Waals surface area contributed by atoms with Crippen molar-refractivity contribution in [3.8, 4) is 5.75 Å². The highest BCUT2D eigenvalue weighted by molar-refractivity contribution is 7.21. The molecule has 2 rings (SSSR count). The Balaban J connectivity index is 2.45. The lowest BCUT2D eigenvalue weighted by Gasteiger charge is -2.18. The van der Waals surface area contributed by atoms with Gasteiger partial charge in [0.15, 0.2) is 0 Å². The molecule has 0 saturated carbocycles. The van der Waals surface area contributed by atoms with Crippen molar-refractivity contribution in [1.29, 1.82) is 0 Å². The number of nitrogen functional groups attached to an aromatic ring is 1. The number of benzene rings is 1. The SMILES string of the molecule is COc1cccc2sc(C(=O)N(C)CC(C)C)c(N)c12. The zero-order valence-corrected chi connectivity index (χ0v) is 13.1. The molecule has 4 nitrogen and oxygen atoms in total. The van der Waals surface area contributed by atoms with Crippen molar-refractivity contribution in [2.45, 2.75) is 13.8 Å². The number of rotatable bonds is 4. The van der Waals surface area contributed by atoms with Crippen LogP contribution in [0.5, 0.6) is 5.75 Å². The summed E-state index contributed by atoms with van der Waals surface area (Å²) in [4.78, 5) is 14.8. The highest BCUT2D eigenvalue weighted by Crippen LogP contribution is 2.39. The van der Waals surface area contributed by atoms with E-state index in [-0.39, 0.29) is 5.91 Å². The van der Waals surface area contributed by atoms with E-state index < -0.39 is 0 Å². The summed E-state index contributed by atoms with van der Waals surface area (Å²) in [7, 11) is 3.42. The van der Waals surface area contributed by atoms with Crippen molar-refractivity contribution in [3.05, 3.63) is 23.1 Å². The molecule has 0 bridgehead atoms. The predicted octanol–water partition coefficient (Wildman–Crippen LogP) is 3.22. The second-order valence-electron chi connectivity index (χ2n) is 5.26. The van der Waals surface area contributed by atoms with Gasteiger partial charge in [-0.05, 0) is 18.1 Å². The van der Waals surface area contributed by atoms with E-state index >= 15 is 0 Å². The predicted molar refractivity (Wildman–Crippen MR) is 84.6 cm³/mol. The van der Waals surface area contributed by atoms with Crippen molar-refractivity contribution >= 4 is 33.0 Å². The van der Waals surface area contributed by atoms with Crippen LogP contribution in [0.3, 0.4) is 0 Å². The topological polar surface area (TPSA) is 55.6 Å². The number of hydrogen-bond acceptors (Lipinski definition) is 4. The zero-order valence-electron chi connectivity index (χ0n) is 12.3. The average Bonchev–Trinajstić information content (AvgIpc) is 2.74. The third-order valence-electron chi connectivity index (χ3n) is 3.11. The zero-order chi connectivity index (χ0) is 14.9. The van der Waals surface area contributed by atoms with Crippen molar-refractivity contribution in [2.24, 2.45) is 5.92 Å². The molecule has 0 aliphatic carbocycles. The van der Waals surface area contributed by atoms with Crippen LogP contribution in [0, 0.1) is 5.92 Å². The number of nitrogens with two attached hydrogens (primary N) is 1. The third-order valence-corrected chi connectivity index (χ3v) is 4.27. The van der Waals surface area contributed by atoms with Crippen molar-refractivity contribution < 1.29 is 9.53 Å². The number of carbonyl (C=O) groups excluding carboxylic acids is 1. The van der Waals surface area contributed by atoms with Crippen LogP contribution in [0.15, 0.2) is 18.2 Å². The van der Waals surface area contributed by atoms with Crippen molar-refractivity contribution in [2.75, 3.05) is 26.4 Å². The number of nitrogens with zero attached hydrogens (tertiary/aromatic N) is 1. The Kier molecular flexibility index (Phi) is 4.18. The van der Waals surface area contributed by atoms with Crippen molar-refractivity contribution in [3.63, 3.8) is 0 Å². The lowest BCUT2D eigenvalue weighted by atomic mass is 10.2. The van der Waals surface area contributed by atoms with E-state index in [9.17, 15) is 4.79 Å².